The number of rotatable bonds is 7. The zero-order chi connectivity index (χ0) is 22.3. The van der Waals surface area contributed by atoms with E-state index in [1.807, 2.05) is 23.6 Å². The van der Waals surface area contributed by atoms with Gasteiger partial charge in [0.2, 0.25) is 0 Å². The van der Waals surface area contributed by atoms with Crippen molar-refractivity contribution < 1.29 is 9.30 Å². The van der Waals surface area contributed by atoms with Crippen LogP contribution in [0.3, 0.4) is 0 Å². The van der Waals surface area contributed by atoms with Gasteiger partial charge >= 0.3 is 5.17 Å². The Labute approximate surface area is 205 Å². The summed E-state index contributed by atoms with van der Waals surface area (Å²) in [4.78, 5) is 6.46. The van der Waals surface area contributed by atoms with Crippen molar-refractivity contribution in [1.29, 1.82) is 0 Å². The SMILES string of the molecule is COc1ccc(N(CC[n+]2ccc(C)cc2)c2ccc(N=NC3=[N+]C=CS3)c(C)c2)cc1.Cl. The van der Waals surface area contributed by atoms with Crippen LogP contribution in [0.15, 0.2) is 88.8 Å². The number of hydrogen-bond donors (Lipinski definition) is 0. The normalized spacial score (nSPS) is 12.5. The summed E-state index contributed by atoms with van der Waals surface area (Å²) in [5.74, 6) is 0.843. The predicted molar refractivity (Wildman–Crippen MR) is 138 cm³/mol. The molecule has 2 heterocycles. The third-order valence-electron chi connectivity index (χ3n) is 5.18. The number of methoxy groups -OCH3 is 1. The van der Waals surface area contributed by atoms with E-state index in [2.05, 4.69) is 87.3 Å². The Morgan fingerprint density at radius 2 is 1.70 bits per heavy atom. The molecule has 8 heteroatoms. The van der Waals surface area contributed by atoms with Crippen LogP contribution in [-0.2, 0) is 6.54 Å². The Hall–Kier alpha value is -3.16. The molecule has 2 aromatic carbocycles. The fourth-order valence-corrected chi connectivity index (χ4v) is 3.80. The second-order valence-electron chi connectivity index (χ2n) is 7.45. The molecule has 0 bridgehead atoms. The molecule has 0 atom stereocenters. The van der Waals surface area contributed by atoms with Crippen molar-refractivity contribution in [3.8, 4) is 5.75 Å². The first kappa shape index (κ1) is 24.5. The van der Waals surface area contributed by atoms with Gasteiger partial charge in [0.1, 0.15) is 17.6 Å². The standard InChI is InChI=1S/C25H26N5OS.ClH/c1-19-10-13-29(14-11-19)15-16-30(21-4-7-23(31-3)8-5-21)22-6-9-24(20(2)18-22)27-28-25-26-12-17-32-25;/h4-14,17-18H,15-16H2,1-3H3;1H/q+2;. The molecule has 1 aliphatic heterocycles. The van der Waals surface area contributed by atoms with E-state index in [0.717, 1.165) is 41.5 Å². The summed E-state index contributed by atoms with van der Waals surface area (Å²) < 4.78 is 7.54. The van der Waals surface area contributed by atoms with Crippen LogP contribution in [0.4, 0.5) is 17.1 Å². The van der Waals surface area contributed by atoms with E-state index in [0.29, 0.717) is 5.17 Å². The monoisotopic (exact) mass is 480 g/mol. The largest absolute Gasteiger partial charge is 0.497 e. The molecule has 0 spiro atoms. The van der Waals surface area contributed by atoms with E-state index < -0.39 is 0 Å². The van der Waals surface area contributed by atoms with Gasteiger partial charge in [-0.25, -0.2) is 4.57 Å². The minimum atomic E-state index is 0. The van der Waals surface area contributed by atoms with E-state index in [1.165, 1.54) is 17.3 Å². The van der Waals surface area contributed by atoms with Gasteiger partial charge in [-0.05, 0) is 77.5 Å². The van der Waals surface area contributed by atoms with Crippen molar-refractivity contribution in [2.75, 3.05) is 18.6 Å². The minimum absolute atomic E-state index is 0. The van der Waals surface area contributed by atoms with Crippen molar-refractivity contribution in [3.63, 3.8) is 0 Å². The van der Waals surface area contributed by atoms with Gasteiger partial charge in [0.05, 0.1) is 18.8 Å². The van der Waals surface area contributed by atoms with Crippen LogP contribution in [0.5, 0.6) is 5.75 Å². The first-order valence-electron chi connectivity index (χ1n) is 10.4. The fraction of sp³-hybridized carbons (Fsp3) is 0.200. The van der Waals surface area contributed by atoms with Gasteiger partial charge in [0.25, 0.3) is 0 Å². The maximum absolute atomic E-state index is 5.34. The number of ether oxygens (including phenoxy) is 1. The second kappa shape index (κ2) is 11.6. The van der Waals surface area contributed by atoms with Gasteiger partial charge in [-0.1, -0.05) is 0 Å². The van der Waals surface area contributed by atoms with Crippen LogP contribution in [-0.4, -0.2) is 18.8 Å². The molecule has 0 aliphatic carbocycles. The van der Waals surface area contributed by atoms with Crippen molar-refractivity contribution in [3.05, 3.63) is 89.7 Å². The number of pyridine rings is 1. The highest BCUT2D eigenvalue weighted by atomic mass is 35.5. The van der Waals surface area contributed by atoms with Gasteiger partial charge in [-0.2, -0.15) is 0 Å². The number of benzene rings is 2. The molecule has 0 unspecified atom stereocenters. The predicted octanol–water partition coefficient (Wildman–Crippen LogP) is 5.85. The van der Waals surface area contributed by atoms with Crippen molar-refractivity contribution in [2.24, 2.45) is 10.2 Å². The number of aryl methyl sites for hydroxylation is 2. The number of aliphatic imine (C=N–C) groups is 1. The molecule has 0 saturated heterocycles. The highest BCUT2D eigenvalue weighted by Crippen LogP contribution is 2.31. The lowest BCUT2D eigenvalue weighted by Gasteiger charge is -2.24. The van der Waals surface area contributed by atoms with E-state index in [-0.39, 0.29) is 12.4 Å². The maximum atomic E-state index is 5.34. The molecule has 0 N–H and O–H groups in total. The number of aromatic nitrogens is 1. The third-order valence-corrected chi connectivity index (χ3v) is 5.83. The van der Waals surface area contributed by atoms with Crippen LogP contribution < -0.4 is 19.2 Å². The molecule has 4 rings (SSSR count). The molecule has 1 aromatic heterocycles. The number of hydrogen-bond acceptors (Lipinski definition) is 6. The molecule has 1 aliphatic rings. The third kappa shape index (κ3) is 6.43. The van der Waals surface area contributed by atoms with Crippen LogP contribution in [0, 0.1) is 13.8 Å². The summed E-state index contributed by atoms with van der Waals surface area (Å²) in [6, 6.07) is 18.7. The average Bonchev–Trinajstić information content (AvgIpc) is 3.34. The number of nitrogens with zero attached hydrogens (tertiary/aromatic N) is 5. The summed E-state index contributed by atoms with van der Waals surface area (Å²) >= 11 is 1.47. The minimum Gasteiger partial charge on any atom is -0.497 e. The Morgan fingerprint density at radius 3 is 2.33 bits per heavy atom. The van der Waals surface area contributed by atoms with Crippen molar-refractivity contribution in [1.82, 2.24) is 4.99 Å². The van der Waals surface area contributed by atoms with Gasteiger partial charge in [0.15, 0.2) is 18.9 Å². The molecule has 1 radical (unpaired) electrons. The summed E-state index contributed by atoms with van der Waals surface area (Å²) in [7, 11) is 1.68. The van der Waals surface area contributed by atoms with Crippen molar-refractivity contribution in [2.45, 2.75) is 20.4 Å². The molecule has 6 nitrogen and oxygen atoms in total. The highest BCUT2D eigenvalue weighted by Gasteiger charge is 2.16. The maximum Gasteiger partial charge on any atom is 0.430 e. The number of azo groups is 1. The van der Waals surface area contributed by atoms with E-state index in [1.54, 1.807) is 13.3 Å². The van der Waals surface area contributed by atoms with Gasteiger partial charge < -0.3 is 9.64 Å². The van der Waals surface area contributed by atoms with Crippen molar-refractivity contribution >= 4 is 46.4 Å². The first-order valence-corrected chi connectivity index (χ1v) is 11.3. The van der Waals surface area contributed by atoms with Gasteiger partial charge in [-0.15, -0.1) is 12.4 Å². The summed E-state index contributed by atoms with van der Waals surface area (Å²) in [6.45, 7) is 5.83. The molecule has 0 saturated carbocycles. The molecule has 33 heavy (non-hydrogen) atoms. The molecule has 169 valence electrons. The number of thioether (sulfide) groups is 1. The molecule has 0 amide bonds. The Balaban J connectivity index is 0.00000306. The van der Waals surface area contributed by atoms with Crippen LogP contribution in [0.2, 0.25) is 0 Å². The lowest BCUT2D eigenvalue weighted by molar-refractivity contribution is -0.694. The summed E-state index contributed by atoms with van der Waals surface area (Å²) in [5.41, 5.74) is 5.37. The molecule has 3 aromatic rings. The first-order chi connectivity index (χ1) is 15.6. The van der Waals surface area contributed by atoms with E-state index >= 15 is 0 Å². The topological polar surface area (TPSA) is 55.2 Å². The highest BCUT2D eigenvalue weighted by molar-refractivity contribution is 8.16. The van der Waals surface area contributed by atoms with Crippen LogP contribution >= 0.6 is 24.2 Å². The van der Waals surface area contributed by atoms with Crippen LogP contribution in [0.25, 0.3) is 0 Å². The summed E-state index contributed by atoms with van der Waals surface area (Å²) in [6.07, 6.45) is 5.97. The average molecular weight is 481 g/mol. The smallest absolute Gasteiger partial charge is 0.430 e. The quantitative estimate of drug-likeness (QED) is 0.314. The number of amidine groups is 1. The van der Waals surface area contributed by atoms with Crippen LogP contribution in [0.1, 0.15) is 11.1 Å². The Bertz CT molecular complexity index is 1160. The number of halogens is 1. The lowest BCUT2D eigenvalue weighted by atomic mass is 10.1. The second-order valence-corrected chi connectivity index (χ2v) is 8.32. The van der Waals surface area contributed by atoms with Gasteiger partial charge in [0, 0.05) is 40.7 Å². The zero-order valence-corrected chi connectivity index (χ0v) is 20.5. The molecular formula is C25H27ClN5OS+2. The van der Waals surface area contributed by atoms with E-state index in [4.69, 9.17) is 4.74 Å². The number of anilines is 2. The zero-order valence-electron chi connectivity index (χ0n) is 18.9. The lowest BCUT2D eigenvalue weighted by Crippen LogP contribution is -2.38. The molecular weight excluding hydrogens is 454 g/mol. The summed E-state index contributed by atoms with van der Waals surface area (Å²) in [5, 5.41) is 11.2. The Morgan fingerprint density at radius 1 is 0.970 bits per heavy atom. The van der Waals surface area contributed by atoms with Gasteiger partial charge in [-0.3, -0.25) is 0 Å². The van der Waals surface area contributed by atoms with E-state index in [9.17, 15) is 0 Å². The Kier molecular flexibility index (Phi) is 8.63. The fourth-order valence-electron chi connectivity index (χ4n) is 3.35. The molecule has 0 fully saturated rings.